The van der Waals surface area contributed by atoms with E-state index in [0.717, 1.165) is 12.8 Å². The summed E-state index contributed by atoms with van der Waals surface area (Å²) in [7, 11) is 0. The molecule has 0 aromatic carbocycles. The monoisotopic (exact) mass is 298 g/mol. The fraction of sp³-hybridized carbons (Fsp3) is 0.867. The number of carbonyl (C=O) groups is 2. The highest BCUT2D eigenvalue weighted by molar-refractivity contribution is 5.77. The lowest BCUT2D eigenvalue weighted by Gasteiger charge is -2.35. The van der Waals surface area contributed by atoms with Gasteiger partial charge in [-0.3, -0.25) is 4.79 Å². The normalized spacial score (nSPS) is 16.0. The summed E-state index contributed by atoms with van der Waals surface area (Å²) >= 11 is 0. The zero-order valence-corrected chi connectivity index (χ0v) is 13.7. The van der Waals surface area contributed by atoms with Gasteiger partial charge in [-0.15, -0.1) is 0 Å². The first-order chi connectivity index (χ1) is 9.89. The van der Waals surface area contributed by atoms with Crippen LogP contribution in [0.25, 0.3) is 0 Å². The van der Waals surface area contributed by atoms with Crippen LogP contribution in [0.3, 0.4) is 0 Å². The van der Waals surface area contributed by atoms with Crippen molar-refractivity contribution in [2.75, 3.05) is 39.3 Å². The minimum absolute atomic E-state index is 0.0336. The second-order valence-corrected chi connectivity index (χ2v) is 6.41. The molecular formula is C15H30N4O2. The van der Waals surface area contributed by atoms with Crippen molar-refractivity contribution in [3.8, 4) is 0 Å². The molecule has 0 aromatic heterocycles. The predicted octanol–water partition coefficient (Wildman–Crippen LogP) is 1.02. The van der Waals surface area contributed by atoms with E-state index in [0.29, 0.717) is 45.7 Å². The molecule has 0 atom stereocenters. The van der Waals surface area contributed by atoms with Crippen LogP contribution in [0, 0.1) is 5.41 Å². The van der Waals surface area contributed by atoms with Gasteiger partial charge in [0.2, 0.25) is 5.91 Å². The van der Waals surface area contributed by atoms with Crippen molar-refractivity contribution in [2.45, 2.75) is 40.0 Å². The average Bonchev–Trinajstić information content (AvgIpc) is 2.45. The van der Waals surface area contributed by atoms with Gasteiger partial charge in [0.15, 0.2) is 0 Å². The lowest BCUT2D eigenvalue weighted by Crippen LogP contribution is -2.53. The number of hydrogen-bond donors (Lipinski definition) is 2. The molecule has 0 unspecified atom stereocenters. The maximum Gasteiger partial charge on any atom is 0.317 e. The van der Waals surface area contributed by atoms with Crippen molar-refractivity contribution in [3.63, 3.8) is 0 Å². The number of urea groups is 1. The van der Waals surface area contributed by atoms with Gasteiger partial charge in [0.1, 0.15) is 0 Å². The van der Waals surface area contributed by atoms with Crippen molar-refractivity contribution in [1.29, 1.82) is 0 Å². The lowest BCUT2D eigenvalue weighted by atomic mass is 9.84. The van der Waals surface area contributed by atoms with Gasteiger partial charge >= 0.3 is 6.03 Å². The van der Waals surface area contributed by atoms with Crippen molar-refractivity contribution in [1.82, 2.24) is 15.1 Å². The minimum Gasteiger partial charge on any atom is -0.339 e. The van der Waals surface area contributed by atoms with E-state index >= 15 is 0 Å². The van der Waals surface area contributed by atoms with E-state index in [4.69, 9.17) is 5.73 Å². The van der Waals surface area contributed by atoms with Crippen LogP contribution < -0.4 is 11.1 Å². The van der Waals surface area contributed by atoms with Crippen LogP contribution in [0.15, 0.2) is 0 Å². The number of carbonyl (C=O) groups excluding carboxylic acids is 2. The summed E-state index contributed by atoms with van der Waals surface area (Å²) in [4.78, 5) is 27.6. The van der Waals surface area contributed by atoms with E-state index in [1.54, 1.807) is 4.90 Å². The smallest absolute Gasteiger partial charge is 0.317 e. The molecule has 1 aliphatic rings. The number of nitrogens with two attached hydrogens (primary N) is 1. The molecule has 0 aliphatic carbocycles. The molecule has 1 heterocycles. The third-order valence-corrected chi connectivity index (χ3v) is 4.08. The summed E-state index contributed by atoms with van der Waals surface area (Å²) in [5.41, 5.74) is 5.71. The molecule has 0 aromatic rings. The summed E-state index contributed by atoms with van der Waals surface area (Å²) < 4.78 is 0. The quantitative estimate of drug-likeness (QED) is 0.768. The number of rotatable bonds is 6. The zero-order chi connectivity index (χ0) is 15.9. The third kappa shape index (κ3) is 5.91. The van der Waals surface area contributed by atoms with Gasteiger partial charge < -0.3 is 20.9 Å². The average molecular weight is 298 g/mol. The second-order valence-electron chi connectivity index (χ2n) is 6.41. The summed E-state index contributed by atoms with van der Waals surface area (Å²) in [6.45, 7) is 10.00. The molecule has 3 amide bonds. The molecule has 0 saturated carbocycles. The molecular weight excluding hydrogens is 268 g/mol. The molecule has 0 radical (unpaired) electrons. The summed E-state index contributed by atoms with van der Waals surface area (Å²) in [6.07, 6.45) is 2.36. The lowest BCUT2D eigenvalue weighted by molar-refractivity contribution is -0.133. The Morgan fingerprint density at radius 1 is 1.10 bits per heavy atom. The molecule has 1 saturated heterocycles. The molecule has 1 rings (SSSR count). The maximum absolute atomic E-state index is 12.2. The van der Waals surface area contributed by atoms with E-state index in [1.165, 1.54) is 0 Å². The number of piperazine rings is 1. The Hall–Kier alpha value is -1.30. The van der Waals surface area contributed by atoms with Crippen LogP contribution in [0.4, 0.5) is 4.79 Å². The van der Waals surface area contributed by atoms with Gasteiger partial charge in [-0.1, -0.05) is 13.8 Å². The number of nitrogens with zero attached hydrogens (tertiary/aromatic N) is 2. The van der Waals surface area contributed by atoms with Crippen molar-refractivity contribution in [3.05, 3.63) is 0 Å². The fourth-order valence-electron chi connectivity index (χ4n) is 2.54. The van der Waals surface area contributed by atoms with Gasteiger partial charge in [-0.05, 0) is 31.7 Å². The maximum atomic E-state index is 12.2. The molecule has 0 bridgehead atoms. The summed E-state index contributed by atoms with van der Waals surface area (Å²) in [5, 5.41) is 2.79. The predicted molar refractivity (Wildman–Crippen MR) is 83.9 cm³/mol. The molecule has 0 spiro atoms. The van der Waals surface area contributed by atoms with E-state index in [1.807, 2.05) is 11.8 Å². The topological polar surface area (TPSA) is 78.7 Å². The van der Waals surface area contributed by atoms with E-state index < -0.39 is 0 Å². The third-order valence-electron chi connectivity index (χ3n) is 4.08. The van der Waals surface area contributed by atoms with Crippen LogP contribution in [-0.2, 0) is 4.79 Å². The molecule has 6 heteroatoms. The van der Waals surface area contributed by atoms with Crippen molar-refractivity contribution < 1.29 is 9.59 Å². The first-order valence-corrected chi connectivity index (χ1v) is 7.90. The van der Waals surface area contributed by atoms with Crippen LogP contribution in [0.5, 0.6) is 0 Å². The number of amides is 3. The van der Waals surface area contributed by atoms with Gasteiger partial charge in [0, 0.05) is 39.1 Å². The second kappa shape index (κ2) is 8.22. The minimum atomic E-state index is -0.0336. The van der Waals surface area contributed by atoms with Gasteiger partial charge in [-0.25, -0.2) is 4.79 Å². The number of hydrogen-bond acceptors (Lipinski definition) is 3. The Kier molecular flexibility index (Phi) is 6.95. The molecule has 1 aliphatic heterocycles. The first kappa shape index (κ1) is 17.8. The highest BCUT2D eigenvalue weighted by Gasteiger charge is 2.25. The van der Waals surface area contributed by atoms with Gasteiger partial charge in [0.25, 0.3) is 0 Å². The van der Waals surface area contributed by atoms with Crippen LogP contribution in [0.1, 0.15) is 40.0 Å². The van der Waals surface area contributed by atoms with Crippen molar-refractivity contribution in [2.24, 2.45) is 11.1 Å². The Bertz CT molecular complexity index is 350. The molecule has 1 fully saturated rings. The Morgan fingerprint density at radius 2 is 1.67 bits per heavy atom. The largest absolute Gasteiger partial charge is 0.339 e. The Labute approximate surface area is 128 Å². The van der Waals surface area contributed by atoms with Crippen LogP contribution in [-0.4, -0.2) is 61.0 Å². The number of nitrogens with one attached hydrogen (secondary N) is 1. The standard InChI is InChI=1S/C15H30N4O2/c1-4-17-14(21)19-11-9-18(10-12-19)13(20)5-6-15(2,3)7-8-16/h4-12,16H2,1-3H3,(H,17,21). The van der Waals surface area contributed by atoms with E-state index in [2.05, 4.69) is 19.2 Å². The molecule has 3 N–H and O–H groups in total. The summed E-state index contributed by atoms with van der Waals surface area (Å²) in [6, 6.07) is -0.0336. The van der Waals surface area contributed by atoms with E-state index in [-0.39, 0.29) is 17.4 Å². The molecule has 6 nitrogen and oxygen atoms in total. The van der Waals surface area contributed by atoms with Crippen LogP contribution >= 0.6 is 0 Å². The summed E-state index contributed by atoms with van der Waals surface area (Å²) in [5.74, 6) is 0.190. The molecule has 122 valence electrons. The highest BCUT2D eigenvalue weighted by Crippen LogP contribution is 2.26. The Morgan fingerprint density at radius 3 is 2.19 bits per heavy atom. The SMILES string of the molecule is CCNC(=O)N1CCN(C(=O)CCC(C)(C)CCN)CC1. The van der Waals surface area contributed by atoms with Crippen LogP contribution in [0.2, 0.25) is 0 Å². The van der Waals surface area contributed by atoms with E-state index in [9.17, 15) is 9.59 Å². The molecule has 21 heavy (non-hydrogen) atoms. The van der Waals surface area contributed by atoms with Gasteiger partial charge in [0.05, 0.1) is 0 Å². The van der Waals surface area contributed by atoms with Crippen molar-refractivity contribution >= 4 is 11.9 Å². The Balaban J connectivity index is 2.33. The first-order valence-electron chi connectivity index (χ1n) is 7.90. The fourth-order valence-corrected chi connectivity index (χ4v) is 2.54. The zero-order valence-electron chi connectivity index (χ0n) is 13.7. The highest BCUT2D eigenvalue weighted by atomic mass is 16.2. The van der Waals surface area contributed by atoms with Gasteiger partial charge in [-0.2, -0.15) is 0 Å².